The van der Waals surface area contributed by atoms with Gasteiger partial charge in [-0.3, -0.25) is 0 Å². The maximum Gasteiger partial charge on any atom is 0.221 e. The molecule has 1 aliphatic heterocycles. The number of aliphatic hydroxyl groups is 8. The summed E-state index contributed by atoms with van der Waals surface area (Å²) in [6, 6.07) is 0. The second-order valence-corrected chi connectivity index (χ2v) is 6.05. The van der Waals surface area contributed by atoms with E-state index in [0.717, 1.165) is 0 Å². The fourth-order valence-corrected chi connectivity index (χ4v) is 3.10. The fourth-order valence-electron chi connectivity index (χ4n) is 3.10. The molecule has 0 spiro atoms. The molecule has 1 aliphatic carbocycles. The van der Waals surface area contributed by atoms with Crippen molar-refractivity contribution in [2.75, 3.05) is 19.8 Å². The lowest BCUT2D eigenvalue weighted by Crippen LogP contribution is -2.59. The Labute approximate surface area is 132 Å². The summed E-state index contributed by atoms with van der Waals surface area (Å²) in [5.74, 6) is -2.88. The third-order valence-electron chi connectivity index (χ3n) is 4.59. The van der Waals surface area contributed by atoms with Crippen LogP contribution in [0.1, 0.15) is 6.42 Å². The molecule has 0 bridgehead atoms. The van der Waals surface area contributed by atoms with E-state index in [4.69, 9.17) is 14.6 Å². The smallest absolute Gasteiger partial charge is 0.221 e. The van der Waals surface area contributed by atoms with Crippen molar-refractivity contribution in [3.8, 4) is 0 Å². The Balaban J connectivity index is 2.18. The van der Waals surface area contributed by atoms with Crippen LogP contribution >= 0.6 is 0 Å². The topological polar surface area (TPSA) is 180 Å². The molecule has 0 amide bonds. The van der Waals surface area contributed by atoms with Crippen molar-refractivity contribution < 1.29 is 50.3 Å². The molecule has 0 radical (unpaired) electrons. The molecule has 2 rings (SSSR count). The molecule has 136 valence electrons. The number of ether oxygens (including phenoxy) is 2. The summed E-state index contributed by atoms with van der Waals surface area (Å²) in [6.45, 7) is -1.98. The largest absolute Gasteiger partial charge is 0.396 e. The van der Waals surface area contributed by atoms with Crippen LogP contribution in [0.3, 0.4) is 0 Å². The molecule has 2 aliphatic rings. The first kappa shape index (κ1) is 18.9. The molecule has 9 atom stereocenters. The van der Waals surface area contributed by atoms with Gasteiger partial charge in [-0.05, 0) is 6.42 Å². The Hall–Kier alpha value is -0.400. The van der Waals surface area contributed by atoms with Crippen molar-refractivity contribution >= 4 is 0 Å². The van der Waals surface area contributed by atoms with Crippen LogP contribution in [-0.2, 0) is 9.47 Å². The third-order valence-corrected chi connectivity index (χ3v) is 4.59. The maximum absolute atomic E-state index is 10.1. The van der Waals surface area contributed by atoms with Gasteiger partial charge in [-0.2, -0.15) is 0 Å². The molecular formula is C13H24O10. The quantitative estimate of drug-likeness (QED) is 0.242. The Bertz CT molecular complexity index is 393. The highest BCUT2D eigenvalue weighted by molar-refractivity contribution is 5.00. The molecule has 23 heavy (non-hydrogen) atoms. The second kappa shape index (κ2) is 7.23. The lowest BCUT2D eigenvalue weighted by molar-refractivity contribution is -0.319. The monoisotopic (exact) mass is 340 g/mol. The molecule has 5 unspecified atom stereocenters. The molecule has 0 aromatic carbocycles. The minimum atomic E-state index is -2.10. The second-order valence-electron chi connectivity index (χ2n) is 6.05. The summed E-state index contributed by atoms with van der Waals surface area (Å²) in [5.41, 5.74) is 0. The average Bonchev–Trinajstić information content (AvgIpc) is 2.80. The summed E-state index contributed by atoms with van der Waals surface area (Å²) in [4.78, 5) is 0. The van der Waals surface area contributed by atoms with Gasteiger partial charge in [0.15, 0.2) is 0 Å². The van der Waals surface area contributed by atoms with Gasteiger partial charge in [0.05, 0.1) is 18.8 Å². The summed E-state index contributed by atoms with van der Waals surface area (Å²) in [5, 5.41) is 77.3. The average molecular weight is 340 g/mol. The predicted molar refractivity (Wildman–Crippen MR) is 71.9 cm³/mol. The summed E-state index contributed by atoms with van der Waals surface area (Å²) < 4.78 is 10.7. The van der Waals surface area contributed by atoms with Crippen LogP contribution < -0.4 is 0 Å². The van der Waals surface area contributed by atoms with E-state index in [1.807, 2.05) is 0 Å². The maximum atomic E-state index is 10.1. The zero-order chi connectivity index (χ0) is 17.4. The fraction of sp³-hybridized carbons (Fsp3) is 1.00. The first-order valence-electron chi connectivity index (χ1n) is 7.39. The highest BCUT2D eigenvalue weighted by Crippen LogP contribution is 2.37. The summed E-state index contributed by atoms with van der Waals surface area (Å²) in [7, 11) is 0. The minimum Gasteiger partial charge on any atom is -0.396 e. The number of hydrogen-bond donors (Lipinski definition) is 8. The molecule has 10 heteroatoms. The van der Waals surface area contributed by atoms with E-state index in [1.54, 1.807) is 0 Å². The molecule has 2 fully saturated rings. The van der Waals surface area contributed by atoms with Crippen LogP contribution in [0.15, 0.2) is 0 Å². The molecule has 0 aromatic rings. The van der Waals surface area contributed by atoms with Crippen LogP contribution in [-0.4, -0.2) is 109 Å². The molecule has 1 saturated carbocycles. The zero-order valence-corrected chi connectivity index (χ0v) is 12.3. The lowest BCUT2D eigenvalue weighted by atomic mass is 9.81. The molecular weight excluding hydrogens is 316 g/mol. The van der Waals surface area contributed by atoms with E-state index in [-0.39, 0.29) is 6.42 Å². The lowest BCUT2D eigenvalue weighted by Gasteiger charge is -2.43. The Kier molecular flexibility index (Phi) is 5.95. The third kappa shape index (κ3) is 3.24. The van der Waals surface area contributed by atoms with Crippen molar-refractivity contribution in [1.82, 2.24) is 0 Å². The summed E-state index contributed by atoms with van der Waals surface area (Å²) >= 11 is 0. The van der Waals surface area contributed by atoms with E-state index in [2.05, 4.69) is 0 Å². The Morgan fingerprint density at radius 2 is 1.52 bits per heavy atom. The van der Waals surface area contributed by atoms with Crippen LogP contribution in [0, 0.1) is 5.92 Å². The zero-order valence-electron chi connectivity index (χ0n) is 12.3. The van der Waals surface area contributed by atoms with E-state index in [0.29, 0.717) is 0 Å². The molecule has 1 heterocycles. The van der Waals surface area contributed by atoms with E-state index >= 15 is 0 Å². The minimum absolute atomic E-state index is 0.0758. The van der Waals surface area contributed by atoms with Gasteiger partial charge in [-0.1, -0.05) is 0 Å². The van der Waals surface area contributed by atoms with E-state index < -0.39 is 74.3 Å². The predicted octanol–water partition coefficient (Wildman–Crippen LogP) is -4.73. The van der Waals surface area contributed by atoms with Crippen molar-refractivity contribution in [2.24, 2.45) is 5.92 Å². The van der Waals surface area contributed by atoms with Gasteiger partial charge in [0.2, 0.25) is 5.79 Å². The van der Waals surface area contributed by atoms with Crippen LogP contribution in [0.25, 0.3) is 0 Å². The van der Waals surface area contributed by atoms with Gasteiger partial charge < -0.3 is 50.3 Å². The first-order valence-corrected chi connectivity index (χ1v) is 7.39. The van der Waals surface area contributed by atoms with Gasteiger partial charge in [-0.25, -0.2) is 0 Å². The van der Waals surface area contributed by atoms with E-state index in [1.165, 1.54) is 0 Å². The Morgan fingerprint density at radius 3 is 2.00 bits per heavy atom. The number of hydrogen-bond acceptors (Lipinski definition) is 10. The summed E-state index contributed by atoms with van der Waals surface area (Å²) in [6.07, 6.45) is -10.2. The van der Waals surface area contributed by atoms with E-state index in [9.17, 15) is 35.7 Å². The molecule has 8 N–H and O–H groups in total. The highest BCUT2D eigenvalue weighted by atomic mass is 16.7. The van der Waals surface area contributed by atoms with Crippen LogP contribution in [0.5, 0.6) is 0 Å². The highest BCUT2D eigenvalue weighted by Gasteiger charge is 2.57. The Morgan fingerprint density at radius 1 is 0.870 bits per heavy atom. The van der Waals surface area contributed by atoms with Crippen molar-refractivity contribution in [3.05, 3.63) is 0 Å². The normalized spacial score (nSPS) is 51.1. The van der Waals surface area contributed by atoms with Gasteiger partial charge in [0.25, 0.3) is 0 Å². The standard InChI is InChI=1S/C13H24O10/c14-2-5-1-6(9(18)11(20)8(5)17)22-13(4-16)12(21)10(19)7(3-15)23-13/h5-12,14-21H,1-4H2/t5?,6-,7+,8+,9?,10?,11?,12?,13+/m0/s1. The first-order chi connectivity index (χ1) is 10.8. The van der Waals surface area contributed by atoms with Crippen LogP contribution in [0.2, 0.25) is 0 Å². The van der Waals surface area contributed by atoms with Crippen molar-refractivity contribution in [2.45, 2.75) is 54.9 Å². The number of rotatable bonds is 5. The van der Waals surface area contributed by atoms with Crippen molar-refractivity contribution in [1.29, 1.82) is 0 Å². The van der Waals surface area contributed by atoms with Crippen LogP contribution in [0.4, 0.5) is 0 Å². The molecule has 0 aromatic heterocycles. The van der Waals surface area contributed by atoms with Gasteiger partial charge in [-0.15, -0.1) is 0 Å². The van der Waals surface area contributed by atoms with Crippen molar-refractivity contribution in [3.63, 3.8) is 0 Å². The molecule has 1 saturated heterocycles. The molecule has 10 nitrogen and oxygen atoms in total. The van der Waals surface area contributed by atoms with Gasteiger partial charge in [0, 0.05) is 12.5 Å². The van der Waals surface area contributed by atoms with Gasteiger partial charge in [0.1, 0.15) is 37.1 Å². The number of aliphatic hydroxyl groups excluding tert-OH is 8. The SMILES string of the molecule is OCC1C[C@H](O[C@]2(CO)O[C@H](CO)C(O)C2O)C(O)C(O)[C@@H]1O. The van der Waals surface area contributed by atoms with Gasteiger partial charge >= 0.3 is 0 Å².